The van der Waals surface area contributed by atoms with Crippen LogP contribution in [0.2, 0.25) is 0 Å². The molecule has 1 aromatic rings. The summed E-state index contributed by atoms with van der Waals surface area (Å²) in [6.07, 6.45) is -1.52. The van der Waals surface area contributed by atoms with E-state index in [0.717, 1.165) is 7.11 Å². The fourth-order valence-electron chi connectivity index (χ4n) is 2.84. The monoisotopic (exact) mass is 421 g/mol. The molecule has 162 valence electrons. The summed E-state index contributed by atoms with van der Waals surface area (Å²) in [5.74, 6) is -0.803. The lowest BCUT2D eigenvalue weighted by Crippen LogP contribution is -2.29. The van der Waals surface area contributed by atoms with Gasteiger partial charge in [0.05, 0.1) is 30.0 Å². The second kappa shape index (κ2) is 10.3. The third kappa shape index (κ3) is 5.47. The molecule has 1 aliphatic heterocycles. The lowest BCUT2D eigenvalue weighted by Gasteiger charge is -2.30. The summed E-state index contributed by atoms with van der Waals surface area (Å²) in [6, 6.07) is 5.70. The van der Waals surface area contributed by atoms with Gasteiger partial charge in [-0.1, -0.05) is 12.1 Å². The maximum absolute atomic E-state index is 12.1. The number of non-ortho nitro benzene ring substituents is 1. The van der Waals surface area contributed by atoms with Gasteiger partial charge in [0, 0.05) is 12.1 Å². The predicted octanol–water partition coefficient (Wildman–Crippen LogP) is 3.03. The van der Waals surface area contributed by atoms with Crippen LogP contribution in [0, 0.1) is 10.1 Å². The molecule has 1 aromatic carbocycles. The van der Waals surface area contributed by atoms with Gasteiger partial charge >= 0.3 is 12.3 Å². The van der Waals surface area contributed by atoms with Crippen LogP contribution in [0.5, 0.6) is 0 Å². The van der Waals surface area contributed by atoms with Gasteiger partial charge in [0.25, 0.3) is 5.69 Å². The van der Waals surface area contributed by atoms with E-state index in [1.54, 1.807) is 19.9 Å². The summed E-state index contributed by atoms with van der Waals surface area (Å²) in [5, 5.41) is 14.2. The Hall–Kier alpha value is -3.60. The number of nitro groups is 1. The molecule has 1 unspecified atom stereocenters. The maximum atomic E-state index is 12.1. The summed E-state index contributed by atoms with van der Waals surface area (Å²) in [7, 11) is 1.14. The second-order valence-corrected chi connectivity index (χ2v) is 6.29. The molecule has 0 amide bonds. The first-order valence-electron chi connectivity index (χ1n) is 9.01. The van der Waals surface area contributed by atoms with E-state index >= 15 is 0 Å². The SMILES string of the molecule is COC(=O)OC1=C(C)NC(C)=C(OC(=O)OCCCN)C1c1cccc([N+](=O)[O-])c1. The summed E-state index contributed by atoms with van der Waals surface area (Å²) in [5.41, 5.74) is 6.45. The number of rotatable bonds is 7. The largest absolute Gasteiger partial charge is 0.513 e. The number of dihydropyridines is 1. The number of nitrogens with zero attached hydrogens (tertiary/aromatic N) is 1. The van der Waals surface area contributed by atoms with E-state index in [-0.39, 0.29) is 23.8 Å². The van der Waals surface area contributed by atoms with Crippen molar-refractivity contribution in [1.29, 1.82) is 0 Å². The van der Waals surface area contributed by atoms with Gasteiger partial charge in [0.2, 0.25) is 0 Å². The summed E-state index contributed by atoms with van der Waals surface area (Å²) >= 11 is 0. The van der Waals surface area contributed by atoms with Gasteiger partial charge in [-0.2, -0.15) is 0 Å². The Labute approximate surface area is 172 Å². The first kappa shape index (κ1) is 22.7. The minimum Gasteiger partial charge on any atom is -0.437 e. The molecule has 11 nitrogen and oxygen atoms in total. The normalized spacial score (nSPS) is 15.9. The van der Waals surface area contributed by atoms with Crippen LogP contribution in [0.3, 0.4) is 0 Å². The number of ether oxygens (including phenoxy) is 4. The Morgan fingerprint density at radius 1 is 1.17 bits per heavy atom. The highest BCUT2D eigenvalue weighted by Gasteiger charge is 2.36. The minimum atomic E-state index is -0.994. The number of allylic oxidation sites excluding steroid dienone is 2. The number of methoxy groups -OCH3 is 1. The van der Waals surface area contributed by atoms with Crippen LogP contribution in [0.1, 0.15) is 31.7 Å². The van der Waals surface area contributed by atoms with Crippen LogP contribution in [0.4, 0.5) is 15.3 Å². The van der Waals surface area contributed by atoms with Crippen LogP contribution >= 0.6 is 0 Å². The number of hydrogen-bond donors (Lipinski definition) is 2. The number of nitrogens with one attached hydrogen (secondary N) is 1. The van der Waals surface area contributed by atoms with Crippen molar-refractivity contribution in [3.8, 4) is 0 Å². The van der Waals surface area contributed by atoms with E-state index in [4.69, 9.17) is 19.9 Å². The Morgan fingerprint density at radius 3 is 2.37 bits per heavy atom. The molecule has 1 atom stereocenters. The van der Waals surface area contributed by atoms with Crippen LogP contribution in [0.25, 0.3) is 0 Å². The zero-order valence-corrected chi connectivity index (χ0v) is 16.8. The Bertz CT molecular complexity index is 894. The molecular formula is C19H23N3O8. The highest BCUT2D eigenvalue weighted by atomic mass is 16.7. The van der Waals surface area contributed by atoms with Crippen LogP contribution < -0.4 is 11.1 Å². The average Bonchev–Trinajstić information content (AvgIpc) is 2.71. The number of hydrogen-bond acceptors (Lipinski definition) is 10. The van der Waals surface area contributed by atoms with Gasteiger partial charge in [-0.05, 0) is 32.4 Å². The highest BCUT2D eigenvalue weighted by Crippen LogP contribution is 2.40. The lowest BCUT2D eigenvalue weighted by atomic mass is 9.90. The van der Waals surface area contributed by atoms with Gasteiger partial charge in [-0.15, -0.1) is 0 Å². The number of carbonyl (C=O) groups is 2. The van der Waals surface area contributed by atoms with Crippen LogP contribution in [-0.2, 0) is 18.9 Å². The standard InChI is InChI=1S/C19H23N3O8/c1-11-16(29-18(23)27-3)15(13-6-4-7-14(10-13)22(25)26)17(12(2)21-11)30-19(24)28-9-5-8-20/h4,6-7,10,15,21H,5,8-9,20H2,1-3H3. The van der Waals surface area contributed by atoms with Gasteiger partial charge < -0.3 is 30.0 Å². The number of nitro benzene ring substituents is 1. The molecule has 0 aliphatic carbocycles. The quantitative estimate of drug-likeness (QED) is 0.291. The highest BCUT2D eigenvalue weighted by molar-refractivity contribution is 5.65. The van der Waals surface area contributed by atoms with E-state index in [0.29, 0.717) is 29.9 Å². The van der Waals surface area contributed by atoms with E-state index in [9.17, 15) is 19.7 Å². The van der Waals surface area contributed by atoms with Gasteiger partial charge in [-0.25, -0.2) is 9.59 Å². The maximum Gasteiger partial charge on any atom is 0.513 e. The summed E-state index contributed by atoms with van der Waals surface area (Å²) in [6.45, 7) is 3.69. The van der Waals surface area contributed by atoms with Crippen molar-refractivity contribution in [3.63, 3.8) is 0 Å². The van der Waals surface area contributed by atoms with E-state index in [1.165, 1.54) is 18.2 Å². The zero-order valence-electron chi connectivity index (χ0n) is 16.8. The van der Waals surface area contributed by atoms with Crippen molar-refractivity contribution in [2.24, 2.45) is 5.73 Å². The first-order chi connectivity index (χ1) is 14.3. The summed E-state index contributed by atoms with van der Waals surface area (Å²) < 4.78 is 20.2. The van der Waals surface area contributed by atoms with Crippen molar-refractivity contribution in [3.05, 3.63) is 62.9 Å². The predicted molar refractivity (Wildman–Crippen MR) is 104 cm³/mol. The van der Waals surface area contributed by atoms with Crippen molar-refractivity contribution in [2.45, 2.75) is 26.2 Å². The molecule has 0 radical (unpaired) electrons. The molecule has 0 aromatic heterocycles. The van der Waals surface area contributed by atoms with Crippen molar-refractivity contribution >= 4 is 18.0 Å². The topological polar surface area (TPSA) is 152 Å². The molecule has 0 fully saturated rings. The molecular weight excluding hydrogens is 398 g/mol. The third-order valence-corrected chi connectivity index (χ3v) is 4.17. The van der Waals surface area contributed by atoms with Gasteiger partial charge in [0.1, 0.15) is 17.4 Å². The molecule has 1 heterocycles. The number of nitrogens with two attached hydrogens (primary N) is 1. The molecule has 0 saturated heterocycles. The Kier molecular flexibility index (Phi) is 7.76. The Morgan fingerprint density at radius 2 is 1.80 bits per heavy atom. The molecule has 0 bridgehead atoms. The van der Waals surface area contributed by atoms with Gasteiger partial charge in [0.15, 0.2) is 0 Å². The number of benzene rings is 1. The van der Waals surface area contributed by atoms with Crippen molar-refractivity contribution in [2.75, 3.05) is 20.3 Å². The molecule has 30 heavy (non-hydrogen) atoms. The molecule has 2 rings (SSSR count). The van der Waals surface area contributed by atoms with Gasteiger partial charge in [-0.3, -0.25) is 10.1 Å². The van der Waals surface area contributed by atoms with Crippen molar-refractivity contribution in [1.82, 2.24) is 5.32 Å². The van der Waals surface area contributed by atoms with E-state index < -0.39 is 23.2 Å². The zero-order chi connectivity index (χ0) is 22.3. The molecule has 0 spiro atoms. The smallest absolute Gasteiger partial charge is 0.437 e. The van der Waals surface area contributed by atoms with E-state index in [1.807, 2.05) is 0 Å². The van der Waals surface area contributed by atoms with Crippen LogP contribution in [-0.4, -0.2) is 37.5 Å². The minimum absolute atomic E-state index is 0.0664. The fourth-order valence-corrected chi connectivity index (χ4v) is 2.84. The molecule has 1 aliphatic rings. The average molecular weight is 421 g/mol. The van der Waals surface area contributed by atoms with E-state index in [2.05, 4.69) is 10.1 Å². The number of carbonyl (C=O) groups excluding carboxylic acids is 2. The molecule has 11 heteroatoms. The third-order valence-electron chi connectivity index (χ3n) is 4.17. The second-order valence-electron chi connectivity index (χ2n) is 6.29. The summed E-state index contributed by atoms with van der Waals surface area (Å²) in [4.78, 5) is 34.6. The molecule has 3 N–H and O–H groups in total. The fraction of sp³-hybridized carbons (Fsp3) is 0.368. The van der Waals surface area contributed by atoms with Crippen molar-refractivity contribution < 1.29 is 33.5 Å². The Balaban J connectivity index is 2.48. The lowest BCUT2D eigenvalue weighted by molar-refractivity contribution is -0.384. The first-order valence-corrected chi connectivity index (χ1v) is 9.01. The molecule has 0 saturated carbocycles. The van der Waals surface area contributed by atoms with Crippen LogP contribution in [0.15, 0.2) is 47.2 Å².